The lowest BCUT2D eigenvalue weighted by molar-refractivity contribution is -0.139. The molecule has 1 aliphatic heterocycles. The summed E-state index contributed by atoms with van der Waals surface area (Å²) in [6.45, 7) is 0.628. The standard InChI is InChI=1S/C16H23F3N2O2/c1-20-6-4-13-8-12(2-3-15(13)20)9-21(10-14(23)11-22)7-5-16(17,18)19/h2-3,8,14,22-23H,4-7,9-11H2,1H3/t14-/m0/s1. The van der Waals surface area contributed by atoms with E-state index in [1.54, 1.807) is 0 Å². The summed E-state index contributed by atoms with van der Waals surface area (Å²) in [5.74, 6) is 0. The first-order chi connectivity index (χ1) is 10.8. The van der Waals surface area contributed by atoms with Gasteiger partial charge in [0.25, 0.3) is 0 Å². The van der Waals surface area contributed by atoms with E-state index in [1.807, 2.05) is 25.2 Å². The van der Waals surface area contributed by atoms with Crippen LogP contribution in [0.3, 0.4) is 0 Å². The minimum atomic E-state index is -4.23. The van der Waals surface area contributed by atoms with Gasteiger partial charge in [-0.15, -0.1) is 0 Å². The van der Waals surface area contributed by atoms with Gasteiger partial charge in [-0.1, -0.05) is 12.1 Å². The molecule has 1 aromatic rings. The van der Waals surface area contributed by atoms with Crippen molar-refractivity contribution < 1.29 is 23.4 Å². The molecule has 1 aliphatic rings. The molecule has 1 atom stereocenters. The molecule has 0 radical (unpaired) electrons. The molecule has 1 heterocycles. The van der Waals surface area contributed by atoms with E-state index in [1.165, 1.54) is 10.5 Å². The number of aliphatic hydroxyl groups excluding tert-OH is 2. The van der Waals surface area contributed by atoms with Gasteiger partial charge in [-0.3, -0.25) is 4.90 Å². The van der Waals surface area contributed by atoms with Crippen LogP contribution in [-0.2, 0) is 13.0 Å². The van der Waals surface area contributed by atoms with E-state index in [9.17, 15) is 18.3 Å². The van der Waals surface area contributed by atoms with E-state index >= 15 is 0 Å². The van der Waals surface area contributed by atoms with Crippen molar-refractivity contribution in [1.29, 1.82) is 0 Å². The van der Waals surface area contributed by atoms with Gasteiger partial charge in [-0.25, -0.2) is 0 Å². The van der Waals surface area contributed by atoms with Gasteiger partial charge < -0.3 is 15.1 Å². The van der Waals surface area contributed by atoms with Crippen LogP contribution in [0.15, 0.2) is 18.2 Å². The number of halogens is 3. The molecule has 0 unspecified atom stereocenters. The lowest BCUT2D eigenvalue weighted by Crippen LogP contribution is -2.36. The Morgan fingerprint density at radius 3 is 2.74 bits per heavy atom. The largest absolute Gasteiger partial charge is 0.394 e. The predicted octanol–water partition coefficient (Wildman–Crippen LogP) is 1.79. The fourth-order valence-corrected chi connectivity index (χ4v) is 2.85. The highest BCUT2D eigenvalue weighted by molar-refractivity contribution is 5.58. The maximum Gasteiger partial charge on any atom is 0.390 e. The number of likely N-dealkylation sites (N-methyl/N-ethyl adjacent to an activating group) is 1. The Morgan fingerprint density at radius 1 is 1.35 bits per heavy atom. The van der Waals surface area contributed by atoms with E-state index in [0.717, 1.165) is 24.2 Å². The Morgan fingerprint density at radius 2 is 2.09 bits per heavy atom. The fraction of sp³-hybridized carbons (Fsp3) is 0.625. The van der Waals surface area contributed by atoms with Crippen LogP contribution in [0.5, 0.6) is 0 Å². The molecule has 7 heteroatoms. The minimum absolute atomic E-state index is 0.0174. The van der Waals surface area contributed by atoms with Crippen molar-refractivity contribution in [3.05, 3.63) is 29.3 Å². The molecule has 0 bridgehead atoms. The van der Waals surface area contributed by atoms with Crippen molar-refractivity contribution in [2.75, 3.05) is 38.2 Å². The minimum Gasteiger partial charge on any atom is -0.394 e. The average Bonchev–Trinajstić information content (AvgIpc) is 2.85. The summed E-state index contributed by atoms with van der Waals surface area (Å²) >= 11 is 0. The SMILES string of the molecule is CN1CCc2cc(CN(CCC(F)(F)F)C[C@H](O)CO)ccc21. The summed E-state index contributed by atoms with van der Waals surface area (Å²) in [5, 5.41) is 18.5. The van der Waals surface area contributed by atoms with Crippen LogP contribution >= 0.6 is 0 Å². The van der Waals surface area contributed by atoms with Crippen LogP contribution in [0.4, 0.5) is 18.9 Å². The highest BCUT2D eigenvalue weighted by Crippen LogP contribution is 2.28. The van der Waals surface area contributed by atoms with E-state index in [4.69, 9.17) is 5.11 Å². The third-order valence-electron chi connectivity index (χ3n) is 4.07. The van der Waals surface area contributed by atoms with Crippen molar-refractivity contribution in [3.8, 4) is 0 Å². The number of anilines is 1. The van der Waals surface area contributed by atoms with Gasteiger partial charge in [0.1, 0.15) is 0 Å². The average molecular weight is 332 g/mol. The molecular formula is C16H23F3N2O2. The van der Waals surface area contributed by atoms with E-state index in [-0.39, 0.29) is 13.1 Å². The molecule has 1 aromatic carbocycles. The molecule has 0 saturated heterocycles. The van der Waals surface area contributed by atoms with Crippen LogP contribution in [0.2, 0.25) is 0 Å². The first-order valence-corrected chi connectivity index (χ1v) is 7.69. The van der Waals surface area contributed by atoms with E-state index in [2.05, 4.69) is 4.90 Å². The van der Waals surface area contributed by atoms with Crippen molar-refractivity contribution in [2.24, 2.45) is 0 Å². The molecule has 4 nitrogen and oxygen atoms in total. The number of benzene rings is 1. The van der Waals surface area contributed by atoms with Crippen molar-refractivity contribution in [1.82, 2.24) is 4.90 Å². The maximum atomic E-state index is 12.5. The molecule has 130 valence electrons. The molecule has 2 N–H and O–H groups in total. The number of hydrogen-bond donors (Lipinski definition) is 2. The molecule has 0 fully saturated rings. The summed E-state index contributed by atoms with van der Waals surface area (Å²) in [7, 11) is 2.01. The second kappa shape index (κ2) is 7.51. The Bertz CT molecular complexity index is 523. The Hall–Kier alpha value is -1.31. The summed E-state index contributed by atoms with van der Waals surface area (Å²) in [4.78, 5) is 3.69. The van der Waals surface area contributed by atoms with Crippen molar-refractivity contribution in [2.45, 2.75) is 31.7 Å². The zero-order valence-corrected chi connectivity index (χ0v) is 13.2. The molecule has 2 rings (SSSR count). The van der Waals surface area contributed by atoms with E-state index in [0.29, 0.717) is 6.54 Å². The topological polar surface area (TPSA) is 46.9 Å². The zero-order valence-electron chi connectivity index (χ0n) is 13.2. The number of fused-ring (bicyclic) bond motifs is 1. The Balaban J connectivity index is 2.04. The monoisotopic (exact) mass is 332 g/mol. The van der Waals surface area contributed by atoms with Crippen LogP contribution in [0.25, 0.3) is 0 Å². The maximum absolute atomic E-state index is 12.5. The fourth-order valence-electron chi connectivity index (χ4n) is 2.85. The summed E-state index contributed by atoms with van der Waals surface area (Å²) in [5.41, 5.74) is 3.28. The first kappa shape index (κ1) is 18.0. The van der Waals surface area contributed by atoms with Crippen LogP contribution in [-0.4, -0.2) is 60.7 Å². The van der Waals surface area contributed by atoms with Crippen molar-refractivity contribution >= 4 is 5.69 Å². The van der Waals surface area contributed by atoms with Crippen molar-refractivity contribution in [3.63, 3.8) is 0 Å². The van der Waals surface area contributed by atoms with Gasteiger partial charge in [0.2, 0.25) is 0 Å². The van der Waals surface area contributed by atoms with Crippen LogP contribution < -0.4 is 4.90 Å². The summed E-state index contributed by atoms with van der Waals surface area (Å²) in [6.07, 6.45) is -5.27. The summed E-state index contributed by atoms with van der Waals surface area (Å²) in [6, 6.07) is 5.92. The van der Waals surface area contributed by atoms with E-state index < -0.39 is 25.3 Å². The molecule has 0 amide bonds. The second-order valence-electron chi connectivity index (χ2n) is 6.07. The lowest BCUT2D eigenvalue weighted by Gasteiger charge is -2.25. The molecule has 0 aliphatic carbocycles. The lowest BCUT2D eigenvalue weighted by atomic mass is 10.1. The van der Waals surface area contributed by atoms with Gasteiger partial charge in [-0.05, 0) is 23.6 Å². The smallest absolute Gasteiger partial charge is 0.390 e. The molecule has 0 aromatic heterocycles. The normalized spacial score (nSPS) is 16.0. The zero-order chi connectivity index (χ0) is 17.0. The predicted molar refractivity (Wildman–Crippen MR) is 82.5 cm³/mol. The highest BCUT2D eigenvalue weighted by Gasteiger charge is 2.28. The highest BCUT2D eigenvalue weighted by atomic mass is 19.4. The molecule has 0 spiro atoms. The number of rotatable bonds is 7. The summed E-state index contributed by atoms with van der Waals surface area (Å²) < 4.78 is 37.4. The number of nitrogens with zero attached hydrogens (tertiary/aromatic N) is 2. The quantitative estimate of drug-likeness (QED) is 0.799. The Labute approximate surface area is 134 Å². The number of aliphatic hydroxyl groups is 2. The van der Waals surface area contributed by atoms with Gasteiger partial charge in [0.15, 0.2) is 0 Å². The molecule has 0 saturated carbocycles. The van der Waals surface area contributed by atoms with Gasteiger partial charge in [-0.2, -0.15) is 13.2 Å². The van der Waals surface area contributed by atoms with Crippen LogP contribution in [0.1, 0.15) is 17.5 Å². The Kier molecular flexibility index (Phi) is 5.89. The van der Waals surface area contributed by atoms with Gasteiger partial charge in [0, 0.05) is 38.9 Å². The third-order valence-corrected chi connectivity index (χ3v) is 4.07. The van der Waals surface area contributed by atoms with Gasteiger partial charge >= 0.3 is 6.18 Å². The third kappa shape index (κ3) is 5.37. The second-order valence-corrected chi connectivity index (χ2v) is 6.07. The number of alkyl halides is 3. The molecular weight excluding hydrogens is 309 g/mol. The van der Waals surface area contributed by atoms with Gasteiger partial charge in [0.05, 0.1) is 19.1 Å². The molecule has 23 heavy (non-hydrogen) atoms. The van der Waals surface area contributed by atoms with Crippen LogP contribution in [0, 0.1) is 0 Å². The number of hydrogen-bond acceptors (Lipinski definition) is 4. The first-order valence-electron chi connectivity index (χ1n) is 7.69.